The second kappa shape index (κ2) is 6.09. The summed E-state index contributed by atoms with van der Waals surface area (Å²) >= 11 is 0. The van der Waals surface area contributed by atoms with Gasteiger partial charge in [-0.2, -0.15) is 13.2 Å². The second-order valence-electron chi connectivity index (χ2n) is 5.47. The molecule has 0 radical (unpaired) electrons. The predicted molar refractivity (Wildman–Crippen MR) is 65.0 cm³/mol. The zero-order valence-electron chi connectivity index (χ0n) is 11.3. The number of halogens is 3. The van der Waals surface area contributed by atoms with Crippen LogP contribution in [0.25, 0.3) is 0 Å². The van der Waals surface area contributed by atoms with Crippen molar-refractivity contribution in [1.29, 1.82) is 0 Å². The molecule has 2 N–H and O–H groups in total. The Morgan fingerprint density at radius 2 is 1.84 bits per heavy atom. The average Bonchev–Trinajstić information content (AvgIpc) is 3.06. The Labute approximate surface area is 111 Å². The van der Waals surface area contributed by atoms with Crippen LogP contribution in [0.2, 0.25) is 0 Å². The number of hydrogen-bond donors (Lipinski definition) is 2. The monoisotopic (exact) mass is 282 g/mol. The van der Waals surface area contributed by atoms with Crippen LogP contribution in [-0.4, -0.2) is 53.9 Å². The number of hydrogen-bond acceptors (Lipinski definition) is 3. The van der Waals surface area contributed by atoms with Crippen molar-refractivity contribution in [2.75, 3.05) is 20.1 Å². The summed E-state index contributed by atoms with van der Waals surface area (Å²) in [6.45, 7) is 1.80. The molecule has 0 saturated heterocycles. The van der Waals surface area contributed by atoms with E-state index in [4.69, 9.17) is 0 Å². The van der Waals surface area contributed by atoms with E-state index in [1.165, 1.54) is 4.90 Å². The standard InChI is InChI=1S/C12H21F3N2O2/c1-11(10(18)19,16-9-3-4-9)5-7-17(2)8-6-12(13,14)15/h9,16H,3-8H2,1-2H3,(H,18,19). The highest BCUT2D eigenvalue weighted by Crippen LogP contribution is 2.25. The van der Waals surface area contributed by atoms with Crippen LogP contribution in [-0.2, 0) is 4.79 Å². The van der Waals surface area contributed by atoms with Gasteiger partial charge in [0, 0.05) is 19.1 Å². The maximum Gasteiger partial charge on any atom is 0.390 e. The van der Waals surface area contributed by atoms with Gasteiger partial charge in [-0.1, -0.05) is 0 Å². The van der Waals surface area contributed by atoms with E-state index in [2.05, 4.69) is 5.32 Å². The van der Waals surface area contributed by atoms with E-state index < -0.39 is 24.1 Å². The Morgan fingerprint density at radius 1 is 1.32 bits per heavy atom. The van der Waals surface area contributed by atoms with Crippen molar-refractivity contribution in [3.8, 4) is 0 Å². The third-order valence-corrected chi connectivity index (χ3v) is 3.34. The van der Waals surface area contributed by atoms with Crippen molar-refractivity contribution in [1.82, 2.24) is 10.2 Å². The summed E-state index contributed by atoms with van der Waals surface area (Å²) < 4.78 is 36.2. The number of nitrogens with one attached hydrogen (secondary N) is 1. The number of aliphatic carboxylic acids is 1. The van der Waals surface area contributed by atoms with Gasteiger partial charge in [-0.15, -0.1) is 0 Å². The SMILES string of the molecule is CN(CCC(F)(F)F)CCC(C)(NC1CC1)C(=O)O. The molecule has 1 unspecified atom stereocenters. The predicted octanol–water partition coefficient (Wildman–Crippen LogP) is 1.86. The number of rotatable bonds is 8. The molecule has 1 saturated carbocycles. The number of carbonyl (C=O) groups is 1. The van der Waals surface area contributed by atoms with Crippen molar-refractivity contribution < 1.29 is 23.1 Å². The Morgan fingerprint density at radius 3 is 2.26 bits per heavy atom. The molecule has 0 aliphatic heterocycles. The van der Waals surface area contributed by atoms with Crippen LogP contribution >= 0.6 is 0 Å². The van der Waals surface area contributed by atoms with Crippen LogP contribution in [0.4, 0.5) is 13.2 Å². The lowest BCUT2D eigenvalue weighted by Crippen LogP contribution is -2.52. The molecule has 0 amide bonds. The van der Waals surface area contributed by atoms with E-state index >= 15 is 0 Å². The Kier molecular flexibility index (Phi) is 5.20. The van der Waals surface area contributed by atoms with E-state index in [0.29, 0.717) is 6.54 Å². The van der Waals surface area contributed by atoms with Crippen LogP contribution in [0.5, 0.6) is 0 Å². The molecule has 1 rings (SSSR count). The Bertz CT molecular complexity index is 319. The molecule has 0 aromatic carbocycles. The quantitative estimate of drug-likeness (QED) is 0.713. The van der Waals surface area contributed by atoms with Crippen LogP contribution in [0.1, 0.15) is 32.6 Å². The van der Waals surface area contributed by atoms with Gasteiger partial charge in [0.15, 0.2) is 0 Å². The lowest BCUT2D eigenvalue weighted by atomic mass is 9.97. The zero-order chi connectivity index (χ0) is 14.7. The lowest BCUT2D eigenvalue weighted by Gasteiger charge is -2.29. The summed E-state index contributed by atoms with van der Waals surface area (Å²) in [6.07, 6.45) is -2.83. The number of alkyl halides is 3. The molecular weight excluding hydrogens is 261 g/mol. The fraction of sp³-hybridized carbons (Fsp3) is 0.917. The van der Waals surface area contributed by atoms with Gasteiger partial charge in [-0.3, -0.25) is 10.1 Å². The molecule has 1 aliphatic carbocycles. The minimum Gasteiger partial charge on any atom is -0.480 e. The first-order chi connectivity index (χ1) is 8.62. The van der Waals surface area contributed by atoms with Crippen LogP contribution in [0, 0.1) is 0 Å². The summed E-state index contributed by atoms with van der Waals surface area (Å²) in [5, 5.41) is 12.3. The van der Waals surface area contributed by atoms with Crippen molar-refractivity contribution >= 4 is 5.97 Å². The summed E-state index contributed by atoms with van der Waals surface area (Å²) in [7, 11) is 1.57. The fourth-order valence-electron chi connectivity index (χ4n) is 1.76. The van der Waals surface area contributed by atoms with Gasteiger partial charge < -0.3 is 10.0 Å². The first-order valence-corrected chi connectivity index (χ1v) is 6.39. The van der Waals surface area contributed by atoms with Gasteiger partial charge >= 0.3 is 12.1 Å². The first-order valence-electron chi connectivity index (χ1n) is 6.39. The smallest absolute Gasteiger partial charge is 0.390 e. The fourth-order valence-corrected chi connectivity index (χ4v) is 1.76. The normalized spacial score (nSPS) is 19.5. The maximum absolute atomic E-state index is 12.1. The first kappa shape index (κ1) is 16.2. The van der Waals surface area contributed by atoms with E-state index in [9.17, 15) is 23.1 Å². The summed E-state index contributed by atoms with van der Waals surface area (Å²) in [4.78, 5) is 12.8. The molecule has 112 valence electrons. The van der Waals surface area contributed by atoms with E-state index in [1.807, 2.05) is 0 Å². The van der Waals surface area contributed by atoms with Crippen LogP contribution in [0.3, 0.4) is 0 Å². The maximum atomic E-state index is 12.1. The number of carboxylic acid groups (broad SMARTS) is 1. The van der Waals surface area contributed by atoms with E-state index in [1.54, 1.807) is 14.0 Å². The molecule has 0 spiro atoms. The highest BCUT2D eigenvalue weighted by Gasteiger charge is 2.38. The molecule has 0 bridgehead atoms. The van der Waals surface area contributed by atoms with Gasteiger partial charge in [0.1, 0.15) is 5.54 Å². The summed E-state index contributed by atoms with van der Waals surface area (Å²) in [6, 6.07) is 0.238. The van der Waals surface area contributed by atoms with Gasteiger partial charge in [0.25, 0.3) is 0 Å². The topological polar surface area (TPSA) is 52.6 Å². The molecule has 1 fully saturated rings. The largest absolute Gasteiger partial charge is 0.480 e. The summed E-state index contributed by atoms with van der Waals surface area (Å²) in [5.41, 5.74) is -1.06. The third-order valence-electron chi connectivity index (χ3n) is 3.34. The second-order valence-corrected chi connectivity index (χ2v) is 5.47. The molecule has 1 aliphatic rings. The van der Waals surface area contributed by atoms with Gasteiger partial charge in [0.2, 0.25) is 0 Å². The zero-order valence-corrected chi connectivity index (χ0v) is 11.3. The highest BCUT2D eigenvalue weighted by molar-refractivity contribution is 5.78. The average molecular weight is 282 g/mol. The van der Waals surface area contributed by atoms with Gasteiger partial charge in [0.05, 0.1) is 6.42 Å². The minimum absolute atomic E-state index is 0.109. The Balaban J connectivity index is 2.36. The number of carboxylic acids is 1. The summed E-state index contributed by atoms with van der Waals surface area (Å²) in [5.74, 6) is -0.955. The van der Waals surface area contributed by atoms with Crippen molar-refractivity contribution in [2.24, 2.45) is 0 Å². The molecule has 1 atom stereocenters. The molecule has 4 nitrogen and oxygen atoms in total. The molecule has 0 aromatic rings. The van der Waals surface area contributed by atoms with Crippen molar-refractivity contribution in [3.63, 3.8) is 0 Å². The van der Waals surface area contributed by atoms with Gasteiger partial charge in [-0.05, 0) is 33.2 Å². The molecular formula is C12H21F3N2O2. The van der Waals surface area contributed by atoms with Crippen LogP contribution in [0.15, 0.2) is 0 Å². The van der Waals surface area contributed by atoms with Gasteiger partial charge in [-0.25, -0.2) is 0 Å². The van der Waals surface area contributed by atoms with Crippen molar-refractivity contribution in [3.05, 3.63) is 0 Å². The van der Waals surface area contributed by atoms with E-state index in [0.717, 1.165) is 12.8 Å². The number of nitrogens with zero attached hydrogens (tertiary/aromatic N) is 1. The lowest BCUT2D eigenvalue weighted by molar-refractivity contribution is -0.145. The molecule has 19 heavy (non-hydrogen) atoms. The Hall–Kier alpha value is -0.820. The minimum atomic E-state index is -4.17. The third kappa shape index (κ3) is 6.24. The van der Waals surface area contributed by atoms with Crippen LogP contribution < -0.4 is 5.32 Å². The van der Waals surface area contributed by atoms with E-state index in [-0.39, 0.29) is 19.0 Å². The molecule has 7 heteroatoms. The molecule has 0 heterocycles. The molecule has 0 aromatic heterocycles. The highest BCUT2D eigenvalue weighted by atomic mass is 19.4. The van der Waals surface area contributed by atoms with Crippen molar-refractivity contribution in [2.45, 2.75) is 50.4 Å².